The molecule has 1 aliphatic heterocycles. The lowest BCUT2D eigenvalue weighted by atomic mass is 9.68. The average molecular weight is 275 g/mol. The van der Waals surface area contributed by atoms with Crippen LogP contribution in [0.4, 0.5) is 11.6 Å². The van der Waals surface area contributed by atoms with Crippen LogP contribution in [-0.4, -0.2) is 23.1 Å². The molecule has 1 spiro atoms. The van der Waals surface area contributed by atoms with Gasteiger partial charge in [-0.15, -0.1) is 0 Å². The van der Waals surface area contributed by atoms with Gasteiger partial charge in [0, 0.05) is 19.2 Å². The molecule has 1 aromatic rings. The summed E-state index contributed by atoms with van der Waals surface area (Å²) >= 11 is 0. The van der Waals surface area contributed by atoms with Crippen LogP contribution < -0.4 is 16.2 Å². The highest BCUT2D eigenvalue weighted by Crippen LogP contribution is 2.44. The van der Waals surface area contributed by atoms with Crippen LogP contribution in [0, 0.1) is 12.3 Å². The predicted molar refractivity (Wildman–Crippen MR) is 81.5 cm³/mol. The van der Waals surface area contributed by atoms with E-state index in [1.165, 1.54) is 44.9 Å². The second kappa shape index (κ2) is 5.56. The number of nitrogens with zero attached hydrogens (tertiary/aromatic N) is 3. The SMILES string of the molecule is Cc1nc(NN)cc(N2CCC3(CCCCC3)CC2)n1. The molecule has 1 aliphatic carbocycles. The fraction of sp³-hybridized carbons (Fsp3) is 0.733. The average Bonchev–Trinajstić information content (AvgIpc) is 2.48. The van der Waals surface area contributed by atoms with E-state index >= 15 is 0 Å². The normalized spacial score (nSPS) is 22.0. The van der Waals surface area contributed by atoms with Gasteiger partial charge < -0.3 is 10.3 Å². The third-order valence-corrected chi connectivity index (χ3v) is 5.03. The van der Waals surface area contributed by atoms with Gasteiger partial charge in [0.1, 0.15) is 17.5 Å². The Morgan fingerprint density at radius 3 is 2.45 bits per heavy atom. The zero-order valence-corrected chi connectivity index (χ0v) is 12.4. The lowest BCUT2D eigenvalue weighted by molar-refractivity contribution is 0.144. The molecule has 0 atom stereocenters. The van der Waals surface area contributed by atoms with Crippen molar-refractivity contribution in [2.75, 3.05) is 23.4 Å². The quantitative estimate of drug-likeness (QED) is 0.641. The molecule has 1 saturated heterocycles. The molecule has 1 aromatic heterocycles. The zero-order valence-electron chi connectivity index (χ0n) is 12.4. The molecular weight excluding hydrogens is 250 g/mol. The van der Waals surface area contributed by atoms with E-state index in [1.54, 1.807) is 0 Å². The van der Waals surface area contributed by atoms with Gasteiger partial charge in [0.15, 0.2) is 0 Å². The zero-order chi connectivity index (χ0) is 14.0. The molecule has 110 valence electrons. The Bertz CT molecular complexity index is 457. The number of aromatic nitrogens is 2. The van der Waals surface area contributed by atoms with Gasteiger partial charge in [0.05, 0.1) is 0 Å². The first-order valence-electron chi connectivity index (χ1n) is 7.78. The minimum absolute atomic E-state index is 0.631. The summed E-state index contributed by atoms with van der Waals surface area (Å²) in [5.74, 6) is 7.95. The van der Waals surface area contributed by atoms with Gasteiger partial charge in [-0.05, 0) is 38.0 Å². The van der Waals surface area contributed by atoms with E-state index in [0.29, 0.717) is 11.2 Å². The van der Waals surface area contributed by atoms with Gasteiger partial charge in [-0.1, -0.05) is 19.3 Å². The summed E-state index contributed by atoms with van der Waals surface area (Å²) in [4.78, 5) is 11.2. The number of nitrogens with one attached hydrogen (secondary N) is 1. The maximum atomic E-state index is 5.47. The van der Waals surface area contributed by atoms with Crippen LogP contribution in [0.25, 0.3) is 0 Å². The number of nitrogens with two attached hydrogens (primary N) is 1. The maximum Gasteiger partial charge on any atom is 0.145 e. The first-order chi connectivity index (χ1) is 9.71. The number of rotatable bonds is 2. The number of piperidine rings is 1. The highest BCUT2D eigenvalue weighted by atomic mass is 15.3. The van der Waals surface area contributed by atoms with Gasteiger partial charge in [-0.25, -0.2) is 15.8 Å². The number of hydrogen-bond acceptors (Lipinski definition) is 5. The maximum absolute atomic E-state index is 5.47. The molecule has 3 N–H and O–H groups in total. The second-order valence-electron chi connectivity index (χ2n) is 6.35. The summed E-state index contributed by atoms with van der Waals surface area (Å²) in [6, 6.07) is 1.95. The highest BCUT2D eigenvalue weighted by molar-refractivity contribution is 5.49. The minimum Gasteiger partial charge on any atom is -0.356 e. The molecule has 0 aromatic carbocycles. The van der Waals surface area contributed by atoms with Gasteiger partial charge in [-0.3, -0.25) is 0 Å². The number of hydrogen-bond donors (Lipinski definition) is 2. The summed E-state index contributed by atoms with van der Waals surface area (Å²) in [5.41, 5.74) is 3.26. The Balaban J connectivity index is 1.70. The standard InChI is InChI=1S/C15H25N5/c1-12-17-13(19-16)11-14(18-12)20-9-7-15(8-10-20)5-3-2-4-6-15/h11H,2-10,16H2,1H3,(H,17,18,19). The molecule has 20 heavy (non-hydrogen) atoms. The van der Waals surface area contributed by atoms with Crippen molar-refractivity contribution in [2.45, 2.75) is 51.9 Å². The monoisotopic (exact) mass is 275 g/mol. The van der Waals surface area contributed by atoms with Crippen LogP contribution in [0.3, 0.4) is 0 Å². The van der Waals surface area contributed by atoms with Gasteiger partial charge in [-0.2, -0.15) is 0 Å². The fourth-order valence-corrected chi connectivity index (χ4v) is 3.80. The van der Waals surface area contributed by atoms with Crippen LogP contribution in [-0.2, 0) is 0 Å². The van der Waals surface area contributed by atoms with Crippen LogP contribution in [0.15, 0.2) is 6.07 Å². The van der Waals surface area contributed by atoms with Crippen molar-refractivity contribution in [1.82, 2.24) is 9.97 Å². The van der Waals surface area contributed by atoms with Gasteiger partial charge in [0.25, 0.3) is 0 Å². The van der Waals surface area contributed by atoms with E-state index in [9.17, 15) is 0 Å². The third kappa shape index (κ3) is 2.73. The smallest absolute Gasteiger partial charge is 0.145 e. The van der Waals surface area contributed by atoms with Gasteiger partial charge in [0.2, 0.25) is 0 Å². The third-order valence-electron chi connectivity index (χ3n) is 5.03. The highest BCUT2D eigenvalue weighted by Gasteiger charge is 2.35. The molecule has 0 unspecified atom stereocenters. The van der Waals surface area contributed by atoms with Crippen LogP contribution in [0.1, 0.15) is 50.8 Å². The molecule has 0 amide bonds. The predicted octanol–water partition coefficient (Wildman–Crippen LogP) is 2.62. The Morgan fingerprint density at radius 1 is 1.10 bits per heavy atom. The molecule has 0 bridgehead atoms. The fourth-order valence-electron chi connectivity index (χ4n) is 3.80. The molecule has 1 saturated carbocycles. The number of anilines is 2. The molecule has 2 heterocycles. The Labute approximate surface area is 120 Å². The van der Waals surface area contributed by atoms with Crippen molar-refractivity contribution >= 4 is 11.6 Å². The lowest BCUT2D eigenvalue weighted by Gasteiger charge is -2.44. The van der Waals surface area contributed by atoms with E-state index in [2.05, 4.69) is 20.3 Å². The van der Waals surface area contributed by atoms with Crippen LogP contribution in [0.5, 0.6) is 0 Å². The first kappa shape index (κ1) is 13.6. The molecule has 0 radical (unpaired) electrons. The summed E-state index contributed by atoms with van der Waals surface area (Å²) in [6.07, 6.45) is 9.76. The van der Waals surface area contributed by atoms with Gasteiger partial charge >= 0.3 is 0 Å². The molecule has 3 rings (SSSR count). The second-order valence-corrected chi connectivity index (χ2v) is 6.35. The van der Waals surface area contributed by atoms with Crippen molar-refractivity contribution in [3.63, 3.8) is 0 Å². The minimum atomic E-state index is 0.631. The van der Waals surface area contributed by atoms with Crippen molar-refractivity contribution in [3.05, 3.63) is 11.9 Å². The molecule has 2 aliphatic rings. The molecular formula is C15H25N5. The molecule has 5 nitrogen and oxygen atoms in total. The van der Waals surface area contributed by atoms with E-state index in [1.807, 2.05) is 13.0 Å². The van der Waals surface area contributed by atoms with Crippen LogP contribution >= 0.6 is 0 Å². The number of nitrogen functional groups attached to an aromatic ring is 1. The lowest BCUT2D eigenvalue weighted by Crippen LogP contribution is -2.41. The number of hydrazine groups is 1. The summed E-state index contributed by atoms with van der Waals surface area (Å²) in [6.45, 7) is 4.14. The molecule has 5 heteroatoms. The summed E-state index contributed by atoms with van der Waals surface area (Å²) in [7, 11) is 0. The van der Waals surface area contributed by atoms with E-state index in [4.69, 9.17) is 5.84 Å². The summed E-state index contributed by atoms with van der Waals surface area (Å²) < 4.78 is 0. The van der Waals surface area contributed by atoms with Crippen molar-refractivity contribution in [1.29, 1.82) is 0 Å². The van der Waals surface area contributed by atoms with E-state index < -0.39 is 0 Å². The number of aryl methyl sites for hydroxylation is 1. The Hall–Kier alpha value is -1.36. The summed E-state index contributed by atoms with van der Waals surface area (Å²) in [5, 5.41) is 0. The Kier molecular flexibility index (Phi) is 3.78. The molecule has 2 fully saturated rings. The topological polar surface area (TPSA) is 67.1 Å². The van der Waals surface area contributed by atoms with Crippen molar-refractivity contribution < 1.29 is 0 Å². The Morgan fingerprint density at radius 2 is 1.80 bits per heavy atom. The first-order valence-corrected chi connectivity index (χ1v) is 7.78. The van der Waals surface area contributed by atoms with Crippen molar-refractivity contribution in [3.8, 4) is 0 Å². The van der Waals surface area contributed by atoms with Crippen LogP contribution in [0.2, 0.25) is 0 Å². The largest absolute Gasteiger partial charge is 0.356 e. The van der Waals surface area contributed by atoms with Crippen molar-refractivity contribution in [2.24, 2.45) is 11.3 Å². The van der Waals surface area contributed by atoms with E-state index in [0.717, 1.165) is 24.7 Å². The van der Waals surface area contributed by atoms with E-state index in [-0.39, 0.29) is 0 Å².